The summed E-state index contributed by atoms with van der Waals surface area (Å²) in [6.45, 7) is 0.246. The van der Waals surface area contributed by atoms with Crippen LogP contribution in [0.5, 0.6) is 28.7 Å². The standard InChI is InChI=1S/C21H15F6NO2.C20H15F3INO2.C13H7F6NO/c1-29-16-8-2-13(3-9-16)12-30-18-11-10-17(28-19(18)21(25,26)27)14-4-6-15(7-5-14)20(22,23)24;1-26-16-8-2-13(3-9-16)12-27-18-11-10-17(25-19(18)24)14-4-6-15(7-5-14)20(21,22)23;14-12(15,16)8-3-1-7(2-4-8)9-5-6-10(21)11(20-9)13(17,18)19/h2-11H,12H2,1H3;2-11H,12H2,1H3;1-6,21H. The van der Waals surface area contributed by atoms with Crippen LogP contribution in [0.25, 0.3) is 33.8 Å². The fourth-order valence-electron chi connectivity index (χ4n) is 6.69. The van der Waals surface area contributed by atoms with Crippen LogP contribution >= 0.6 is 22.6 Å². The van der Waals surface area contributed by atoms with E-state index in [4.69, 9.17) is 24.1 Å². The van der Waals surface area contributed by atoms with Gasteiger partial charge in [-0.15, -0.1) is 0 Å². The largest absolute Gasteiger partial charge is 0.506 e. The van der Waals surface area contributed by atoms with Gasteiger partial charge in [-0.2, -0.15) is 65.9 Å². The number of hydrogen-bond acceptors (Lipinski definition) is 8. The van der Waals surface area contributed by atoms with Gasteiger partial charge in [-0.3, -0.25) is 0 Å². The Hall–Kier alpha value is -7.77. The van der Waals surface area contributed by atoms with Crippen molar-refractivity contribution in [2.75, 3.05) is 14.2 Å². The average molecular weight is 1220 g/mol. The van der Waals surface area contributed by atoms with Crippen LogP contribution in [0.15, 0.2) is 158 Å². The summed E-state index contributed by atoms with van der Waals surface area (Å²) in [6, 6.07) is 34.1. The summed E-state index contributed by atoms with van der Waals surface area (Å²) >= 11 is 2.05. The second kappa shape index (κ2) is 24.7. The van der Waals surface area contributed by atoms with E-state index in [9.17, 15) is 65.9 Å². The van der Waals surface area contributed by atoms with Crippen molar-refractivity contribution in [3.05, 3.63) is 201 Å². The van der Waals surface area contributed by atoms with Gasteiger partial charge in [0, 0.05) is 16.7 Å². The molecule has 8 rings (SSSR count). The predicted molar refractivity (Wildman–Crippen MR) is 263 cm³/mol. The van der Waals surface area contributed by atoms with E-state index in [1.54, 1.807) is 43.5 Å². The van der Waals surface area contributed by atoms with Crippen molar-refractivity contribution in [2.45, 2.75) is 44.1 Å². The van der Waals surface area contributed by atoms with E-state index in [0.717, 1.165) is 90.2 Å². The molecule has 0 saturated heterocycles. The number of ether oxygens (including phenoxy) is 4. The third kappa shape index (κ3) is 16.4. The molecule has 8 nitrogen and oxygen atoms in total. The molecular formula is C54H37F15IN3O5. The molecule has 410 valence electrons. The van der Waals surface area contributed by atoms with E-state index in [0.29, 0.717) is 38.6 Å². The molecule has 24 heteroatoms. The monoisotopic (exact) mass is 1220 g/mol. The Kier molecular flexibility index (Phi) is 18.8. The van der Waals surface area contributed by atoms with Crippen LogP contribution in [-0.2, 0) is 44.1 Å². The Balaban J connectivity index is 0.000000192. The molecule has 3 heterocycles. The van der Waals surface area contributed by atoms with E-state index in [1.165, 1.54) is 25.3 Å². The lowest BCUT2D eigenvalue weighted by atomic mass is 10.1. The van der Waals surface area contributed by atoms with Gasteiger partial charge in [0.25, 0.3) is 0 Å². The number of rotatable bonds is 11. The minimum Gasteiger partial charge on any atom is -0.506 e. The van der Waals surface area contributed by atoms with E-state index in [2.05, 4.69) is 37.5 Å². The van der Waals surface area contributed by atoms with Gasteiger partial charge in [-0.05, 0) is 131 Å². The molecular weight excluding hydrogens is 1180 g/mol. The zero-order valence-electron chi connectivity index (χ0n) is 39.9. The quantitative estimate of drug-likeness (QED) is 0.0777. The van der Waals surface area contributed by atoms with Gasteiger partial charge < -0.3 is 24.1 Å². The van der Waals surface area contributed by atoms with Gasteiger partial charge in [0.15, 0.2) is 22.9 Å². The second-order valence-corrected chi connectivity index (χ2v) is 17.1. The number of aromatic nitrogens is 3. The Morgan fingerprint density at radius 1 is 0.372 bits per heavy atom. The second-order valence-electron chi connectivity index (χ2n) is 16.1. The van der Waals surface area contributed by atoms with E-state index in [1.807, 2.05) is 24.3 Å². The van der Waals surface area contributed by atoms with Crippen LogP contribution in [0, 0.1) is 3.70 Å². The summed E-state index contributed by atoms with van der Waals surface area (Å²) in [5, 5.41) is 9.14. The molecule has 8 aromatic rings. The van der Waals surface area contributed by atoms with Crippen molar-refractivity contribution in [1.82, 2.24) is 15.0 Å². The Morgan fingerprint density at radius 3 is 1.03 bits per heavy atom. The number of halogens is 16. The maximum Gasteiger partial charge on any atom is 0.437 e. The van der Waals surface area contributed by atoms with Crippen LogP contribution in [-0.4, -0.2) is 34.3 Å². The highest BCUT2D eigenvalue weighted by Gasteiger charge is 2.38. The minimum absolute atomic E-state index is 0.0773. The predicted octanol–water partition coefficient (Wildman–Crippen LogP) is 16.8. The number of nitrogens with zero attached hydrogens (tertiary/aromatic N) is 3. The van der Waals surface area contributed by atoms with Crippen molar-refractivity contribution >= 4 is 22.6 Å². The lowest BCUT2D eigenvalue weighted by Crippen LogP contribution is -2.12. The third-order valence-corrected chi connectivity index (χ3v) is 11.5. The summed E-state index contributed by atoms with van der Waals surface area (Å²) < 4.78 is 213. The maximum absolute atomic E-state index is 13.5. The molecule has 0 amide bonds. The smallest absolute Gasteiger partial charge is 0.437 e. The molecule has 78 heavy (non-hydrogen) atoms. The third-order valence-electron chi connectivity index (χ3n) is 10.7. The molecule has 0 unspecified atom stereocenters. The molecule has 0 aliphatic carbocycles. The highest BCUT2D eigenvalue weighted by atomic mass is 127. The van der Waals surface area contributed by atoms with Crippen LogP contribution in [0.4, 0.5) is 65.9 Å². The number of methoxy groups -OCH3 is 2. The number of aromatic hydroxyl groups is 1. The Morgan fingerprint density at radius 2 is 0.692 bits per heavy atom. The van der Waals surface area contributed by atoms with Crippen LogP contribution in [0.1, 0.15) is 39.2 Å². The van der Waals surface area contributed by atoms with Crippen LogP contribution in [0.3, 0.4) is 0 Å². The molecule has 0 aliphatic heterocycles. The Labute approximate surface area is 447 Å². The van der Waals surface area contributed by atoms with Gasteiger partial charge in [-0.25, -0.2) is 15.0 Å². The molecule has 0 saturated carbocycles. The fourth-order valence-corrected chi connectivity index (χ4v) is 7.29. The molecule has 0 atom stereocenters. The minimum atomic E-state index is -4.86. The topological polar surface area (TPSA) is 95.8 Å². The average Bonchev–Trinajstić information content (AvgIpc) is 3.40. The summed E-state index contributed by atoms with van der Waals surface area (Å²) in [7, 11) is 3.10. The lowest BCUT2D eigenvalue weighted by Gasteiger charge is -2.15. The first-order valence-corrected chi connectivity index (χ1v) is 23.2. The molecule has 0 aliphatic rings. The summed E-state index contributed by atoms with van der Waals surface area (Å²) in [6.07, 6.45) is -23.1. The van der Waals surface area contributed by atoms with E-state index >= 15 is 0 Å². The van der Waals surface area contributed by atoms with Crippen molar-refractivity contribution in [1.29, 1.82) is 0 Å². The summed E-state index contributed by atoms with van der Waals surface area (Å²) in [5.74, 6) is 0.461. The molecule has 0 radical (unpaired) electrons. The van der Waals surface area contributed by atoms with Crippen molar-refractivity contribution < 1.29 is 89.9 Å². The molecule has 0 fully saturated rings. The molecule has 0 bridgehead atoms. The summed E-state index contributed by atoms with van der Waals surface area (Å²) in [5.41, 5.74) is -2.54. The zero-order chi connectivity index (χ0) is 57.2. The normalized spacial score (nSPS) is 11.9. The first kappa shape index (κ1) is 59.5. The van der Waals surface area contributed by atoms with Crippen LogP contribution < -0.4 is 18.9 Å². The van der Waals surface area contributed by atoms with Crippen molar-refractivity contribution in [3.8, 4) is 62.5 Å². The van der Waals surface area contributed by atoms with Gasteiger partial charge in [0.2, 0.25) is 0 Å². The molecule has 3 aromatic heterocycles. The van der Waals surface area contributed by atoms with Gasteiger partial charge in [0.05, 0.1) is 48.0 Å². The van der Waals surface area contributed by atoms with Gasteiger partial charge in [-0.1, -0.05) is 60.7 Å². The van der Waals surface area contributed by atoms with Gasteiger partial charge >= 0.3 is 30.9 Å². The number of benzene rings is 5. The van der Waals surface area contributed by atoms with Crippen LogP contribution in [0.2, 0.25) is 0 Å². The molecule has 1 N–H and O–H groups in total. The molecule has 0 spiro atoms. The maximum atomic E-state index is 13.5. The fraction of sp³-hybridized carbons (Fsp3) is 0.167. The first-order valence-electron chi connectivity index (χ1n) is 22.1. The van der Waals surface area contributed by atoms with E-state index < -0.39 is 70.5 Å². The summed E-state index contributed by atoms with van der Waals surface area (Å²) in [4.78, 5) is 11.3. The number of alkyl halides is 15. The number of pyridine rings is 3. The lowest BCUT2D eigenvalue weighted by molar-refractivity contribution is -0.143. The highest BCUT2D eigenvalue weighted by Crippen LogP contribution is 2.39. The molecule has 5 aromatic carbocycles. The zero-order valence-corrected chi connectivity index (χ0v) is 42.1. The SMILES string of the molecule is COc1ccc(COc2ccc(-c3ccc(C(F)(F)F)cc3)nc2C(F)(F)F)cc1.COc1ccc(COc2ccc(-c3ccc(C(F)(F)F)cc3)nc2I)cc1.Oc1ccc(-c2ccc(C(F)(F)F)cc2)nc1C(F)(F)F. The van der Waals surface area contributed by atoms with Crippen molar-refractivity contribution in [3.63, 3.8) is 0 Å². The highest BCUT2D eigenvalue weighted by molar-refractivity contribution is 14.1. The first-order chi connectivity index (χ1) is 36.5. The van der Waals surface area contributed by atoms with E-state index in [-0.39, 0.29) is 29.1 Å². The van der Waals surface area contributed by atoms with Crippen molar-refractivity contribution in [2.24, 2.45) is 0 Å². The number of hydrogen-bond donors (Lipinski definition) is 1. The van der Waals surface area contributed by atoms with Gasteiger partial charge in [0.1, 0.15) is 34.2 Å². The Bertz CT molecular complexity index is 3240.